The fourth-order valence-corrected chi connectivity index (χ4v) is 3.17. The maximum atomic E-state index is 11.8. The molecule has 0 aliphatic heterocycles. The average molecular weight is 346 g/mol. The molecule has 24 heavy (non-hydrogen) atoms. The fourth-order valence-electron chi connectivity index (χ4n) is 2.41. The first-order valence-corrected chi connectivity index (χ1v) is 9.44. The third kappa shape index (κ3) is 4.91. The van der Waals surface area contributed by atoms with Gasteiger partial charge in [-0.15, -0.1) is 0 Å². The molecule has 0 heterocycles. The lowest BCUT2D eigenvalue weighted by Gasteiger charge is -2.09. The lowest BCUT2D eigenvalue weighted by atomic mass is 10.0. The van der Waals surface area contributed by atoms with Crippen molar-refractivity contribution in [3.63, 3.8) is 0 Å². The van der Waals surface area contributed by atoms with E-state index in [1.807, 2.05) is 12.1 Å². The first-order valence-electron chi connectivity index (χ1n) is 7.89. The van der Waals surface area contributed by atoms with Crippen molar-refractivity contribution in [2.24, 2.45) is 5.14 Å². The molecule has 0 bridgehead atoms. The van der Waals surface area contributed by atoms with Gasteiger partial charge < -0.3 is 5.32 Å². The summed E-state index contributed by atoms with van der Waals surface area (Å²) in [7, 11) is -3.79. The van der Waals surface area contributed by atoms with E-state index in [0.29, 0.717) is 18.5 Å². The van der Waals surface area contributed by atoms with Gasteiger partial charge in [-0.05, 0) is 23.6 Å². The van der Waals surface area contributed by atoms with Crippen LogP contribution in [0, 0.1) is 0 Å². The van der Waals surface area contributed by atoms with Crippen molar-refractivity contribution in [2.45, 2.75) is 31.1 Å². The summed E-state index contributed by atoms with van der Waals surface area (Å²) >= 11 is 0. The second kappa shape index (κ2) is 8.08. The number of carbonyl (C=O) groups is 1. The highest BCUT2D eigenvalue weighted by molar-refractivity contribution is 7.89. The molecule has 0 aliphatic carbocycles. The van der Waals surface area contributed by atoms with Gasteiger partial charge in [0.1, 0.15) is 0 Å². The van der Waals surface area contributed by atoms with E-state index < -0.39 is 10.0 Å². The normalized spacial score (nSPS) is 11.2. The molecular weight excluding hydrogens is 324 g/mol. The van der Waals surface area contributed by atoms with E-state index in [1.165, 1.54) is 6.07 Å². The zero-order chi connectivity index (χ0) is 17.6. The SMILES string of the molecule is CCCCNC(=O)Cc1ccc(-c2ccccc2S(N)(=O)=O)cc1. The predicted octanol–water partition coefficient (Wildman–Crippen LogP) is 2.46. The molecule has 0 atom stereocenters. The van der Waals surface area contributed by atoms with Crippen molar-refractivity contribution < 1.29 is 13.2 Å². The standard InChI is InChI=1S/C18H22N2O3S/c1-2-3-12-20-18(21)13-14-8-10-15(11-9-14)16-6-4-5-7-17(16)24(19,22)23/h4-11H,2-3,12-13H2,1H3,(H,20,21)(H2,19,22,23). The van der Waals surface area contributed by atoms with Gasteiger partial charge in [0.25, 0.3) is 0 Å². The Balaban J connectivity index is 2.15. The summed E-state index contributed by atoms with van der Waals surface area (Å²) in [6.45, 7) is 2.76. The summed E-state index contributed by atoms with van der Waals surface area (Å²) in [5, 5.41) is 8.14. The molecule has 0 fully saturated rings. The maximum absolute atomic E-state index is 11.8. The van der Waals surface area contributed by atoms with Crippen molar-refractivity contribution in [3.8, 4) is 11.1 Å². The van der Waals surface area contributed by atoms with Crippen LogP contribution in [0.25, 0.3) is 11.1 Å². The van der Waals surface area contributed by atoms with Crippen LogP contribution in [-0.2, 0) is 21.2 Å². The van der Waals surface area contributed by atoms with Gasteiger partial charge in [0.05, 0.1) is 11.3 Å². The van der Waals surface area contributed by atoms with Crippen LogP contribution in [0.15, 0.2) is 53.4 Å². The van der Waals surface area contributed by atoms with Gasteiger partial charge >= 0.3 is 0 Å². The minimum Gasteiger partial charge on any atom is -0.356 e. The van der Waals surface area contributed by atoms with Crippen LogP contribution in [0.4, 0.5) is 0 Å². The van der Waals surface area contributed by atoms with Crippen LogP contribution in [0.3, 0.4) is 0 Å². The number of unbranched alkanes of at least 4 members (excludes halogenated alkanes) is 1. The Hall–Kier alpha value is -2.18. The lowest BCUT2D eigenvalue weighted by molar-refractivity contribution is -0.120. The molecule has 0 aliphatic rings. The van der Waals surface area contributed by atoms with E-state index in [1.54, 1.807) is 30.3 Å². The van der Waals surface area contributed by atoms with Gasteiger partial charge in [-0.25, -0.2) is 13.6 Å². The molecule has 6 heteroatoms. The predicted molar refractivity (Wildman–Crippen MR) is 94.9 cm³/mol. The smallest absolute Gasteiger partial charge is 0.238 e. The van der Waals surface area contributed by atoms with Crippen LogP contribution in [0.2, 0.25) is 0 Å². The maximum Gasteiger partial charge on any atom is 0.238 e. The molecule has 2 aromatic rings. The molecule has 0 saturated carbocycles. The van der Waals surface area contributed by atoms with E-state index in [4.69, 9.17) is 5.14 Å². The monoisotopic (exact) mass is 346 g/mol. The summed E-state index contributed by atoms with van der Waals surface area (Å²) < 4.78 is 23.4. The van der Waals surface area contributed by atoms with Gasteiger partial charge in [-0.3, -0.25) is 4.79 Å². The summed E-state index contributed by atoms with van der Waals surface area (Å²) in [5.74, 6) is -0.0128. The third-order valence-corrected chi connectivity index (χ3v) is 4.64. The van der Waals surface area contributed by atoms with E-state index in [0.717, 1.165) is 24.0 Å². The van der Waals surface area contributed by atoms with E-state index in [2.05, 4.69) is 12.2 Å². The summed E-state index contributed by atoms with van der Waals surface area (Å²) in [4.78, 5) is 11.9. The van der Waals surface area contributed by atoms with Crippen molar-refractivity contribution in [1.29, 1.82) is 0 Å². The highest BCUT2D eigenvalue weighted by Crippen LogP contribution is 2.26. The van der Waals surface area contributed by atoms with Crippen LogP contribution >= 0.6 is 0 Å². The second-order valence-corrected chi connectivity index (χ2v) is 7.15. The molecule has 5 nitrogen and oxygen atoms in total. The van der Waals surface area contributed by atoms with E-state index in [9.17, 15) is 13.2 Å². The van der Waals surface area contributed by atoms with Gasteiger partial charge in [-0.1, -0.05) is 55.8 Å². The first-order chi connectivity index (χ1) is 11.4. The Labute approximate surface area is 142 Å². The molecule has 2 aromatic carbocycles. The van der Waals surface area contributed by atoms with Crippen LogP contribution in [0.5, 0.6) is 0 Å². The number of sulfonamides is 1. The highest BCUT2D eigenvalue weighted by Gasteiger charge is 2.14. The topological polar surface area (TPSA) is 89.3 Å². The second-order valence-electron chi connectivity index (χ2n) is 5.62. The molecule has 1 amide bonds. The molecule has 3 N–H and O–H groups in total. The molecule has 2 rings (SSSR count). The van der Waals surface area contributed by atoms with Gasteiger partial charge in [0.15, 0.2) is 0 Å². The molecule has 0 aromatic heterocycles. The number of carbonyl (C=O) groups excluding carboxylic acids is 1. The Morgan fingerprint density at radius 2 is 1.75 bits per heavy atom. The van der Waals surface area contributed by atoms with Gasteiger partial charge in [-0.2, -0.15) is 0 Å². The first kappa shape index (κ1) is 18.2. The molecule has 0 unspecified atom stereocenters. The number of hydrogen-bond donors (Lipinski definition) is 2. The van der Waals surface area contributed by atoms with E-state index in [-0.39, 0.29) is 10.8 Å². The quantitative estimate of drug-likeness (QED) is 0.755. The van der Waals surface area contributed by atoms with Crippen LogP contribution < -0.4 is 10.5 Å². The van der Waals surface area contributed by atoms with Crippen molar-refractivity contribution >= 4 is 15.9 Å². The van der Waals surface area contributed by atoms with Gasteiger partial charge in [0, 0.05) is 12.1 Å². The lowest BCUT2D eigenvalue weighted by Crippen LogP contribution is -2.25. The number of primary sulfonamides is 1. The molecule has 0 spiro atoms. The number of nitrogens with one attached hydrogen (secondary N) is 1. The molecule has 128 valence electrons. The summed E-state index contributed by atoms with van der Waals surface area (Å²) in [6.07, 6.45) is 2.31. The summed E-state index contributed by atoms with van der Waals surface area (Å²) in [5.41, 5.74) is 2.18. The zero-order valence-electron chi connectivity index (χ0n) is 13.7. The average Bonchev–Trinajstić information content (AvgIpc) is 2.55. The Morgan fingerprint density at radius 3 is 2.38 bits per heavy atom. The number of nitrogens with two attached hydrogens (primary N) is 1. The van der Waals surface area contributed by atoms with Crippen molar-refractivity contribution in [2.75, 3.05) is 6.54 Å². The molecule has 0 radical (unpaired) electrons. The van der Waals surface area contributed by atoms with Crippen LogP contribution in [-0.4, -0.2) is 20.9 Å². The van der Waals surface area contributed by atoms with Crippen molar-refractivity contribution in [1.82, 2.24) is 5.32 Å². The highest BCUT2D eigenvalue weighted by atomic mass is 32.2. The van der Waals surface area contributed by atoms with Crippen LogP contribution in [0.1, 0.15) is 25.3 Å². The minimum absolute atomic E-state index is 0.0128. The molecule has 0 saturated heterocycles. The number of benzene rings is 2. The minimum atomic E-state index is -3.79. The number of hydrogen-bond acceptors (Lipinski definition) is 3. The largest absolute Gasteiger partial charge is 0.356 e. The Kier molecular flexibility index (Phi) is 6.11. The fraction of sp³-hybridized carbons (Fsp3) is 0.278. The van der Waals surface area contributed by atoms with E-state index >= 15 is 0 Å². The summed E-state index contributed by atoms with van der Waals surface area (Å²) in [6, 6.07) is 13.9. The third-order valence-electron chi connectivity index (χ3n) is 3.68. The Morgan fingerprint density at radius 1 is 1.08 bits per heavy atom. The van der Waals surface area contributed by atoms with Crippen molar-refractivity contribution in [3.05, 3.63) is 54.1 Å². The number of rotatable bonds is 7. The molecular formula is C18H22N2O3S. The van der Waals surface area contributed by atoms with Gasteiger partial charge in [0.2, 0.25) is 15.9 Å². The number of amides is 1. The Bertz CT molecular complexity index is 799. The zero-order valence-corrected chi connectivity index (χ0v) is 14.5.